The number of nitrogens with zero attached hydrogens (tertiary/aromatic N) is 4. The van der Waals surface area contributed by atoms with Gasteiger partial charge in [-0.2, -0.15) is 0 Å². The SMILES string of the molecule is C[C@@H]1C[C@H](c2ccccc2)NCCN[C@@H](C)C[C@@H](c2ccccc2)NCCN1.C[C@@H]1C[C@H](c2ccccc2)NCCN[C@@H](C)C[C@@H](c2ccccc2)NCCN1.ClCCl.ClCCl.F[B-](F)(F)F.F[B-](F)(F)F.O=N[O-].O=N[O-].O=N[O-].O=N[O-].[Cr+3].[Cr+3]. The van der Waals surface area contributed by atoms with Crippen molar-refractivity contribution in [2.24, 2.45) is 21.4 Å². The minimum atomic E-state index is -6.00. The van der Waals surface area contributed by atoms with Gasteiger partial charge in [0.15, 0.2) is 0 Å². The summed E-state index contributed by atoms with van der Waals surface area (Å²) in [5, 5.41) is 66.3. The molecule has 20 nitrogen and oxygen atoms in total. The first kappa shape index (κ1) is 93.1. The van der Waals surface area contributed by atoms with Crippen LogP contribution in [0.1, 0.15) is 99.8 Å². The monoisotopic (exact) mass is 1390 g/mol. The van der Waals surface area contributed by atoms with Crippen molar-refractivity contribution < 1.29 is 69.2 Å². The second-order valence-corrected chi connectivity index (χ2v) is 19.1. The fraction of sp³-hybridized carbons (Fsp3) is 0.520. The van der Waals surface area contributed by atoms with E-state index in [1.54, 1.807) is 0 Å². The molecule has 4 aromatic rings. The van der Waals surface area contributed by atoms with Crippen LogP contribution in [0.4, 0.5) is 34.5 Å². The van der Waals surface area contributed by atoms with Crippen LogP contribution in [0.3, 0.4) is 0 Å². The van der Waals surface area contributed by atoms with Crippen LogP contribution < -0.4 is 42.5 Å². The largest absolute Gasteiger partial charge is 3.00 e. The summed E-state index contributed by atoms with van der Waals surface area (Å²) in [4.78, 5) is 32.0. The van der Waals surface area contributed by atoms with Gasteiger partial charge in [-0.15, -0.1) is 67.8 Å². The molecule has 86 heavy (non-hydrogen) atoms. The maximum absolute atomic E-state index is 9.75. The fourth-order valence-corrected chi connectivity index (χ4v) is 8.10. The van der Waals surface area contributed by atoms with Gasteiger partial charge in [-0.25, -0.2) is 0 Å². The minimum absolute atomic E-state index is 0. The molecule has 0 aliphatic carbocycles. The van der Waals surface area contributed by atoms with Crippen molar-refractivity contribution in [1.29, 1.82) is 0 Å². The molecule has 2 saturated heterocycles. The van der Waals surface area contributed by atoms with E-state index in [0.29, 0.717) is 48.3 Å². The van der Waals surface area contributed by atoms with Crippen molar-refractivity contribution in [3.8, 4) is 0 Å². The predicted molar refractivity (Wildman–Crippen MR) is 327 cm³/mol. The molecule has 8 atom stereocenters. The standard InChI is InChI=1S/2C24H36N4.2CH2Cl2.2BF4.2Cr.4HNO2/c2*1-19-17-23(21-9-5-3-6-10-21)27-16-14-26-20(2)18-24(28-15-13-25-19)22-11-7-4-8-12-22;2*2-1-3;2*2-1(3,4)5;;;4*2-1-3/h2*3-12,19-20,23-28H,13-18H2,1-2H3;2*1H2;;;;;4*(H,2,3)/q;;;;2*-1;2*+3;;;;/p-4/t2*19-,20+,23-,24+;;;;;;;;;;. The Morgan fingerprint density at radius 2 is 0.465 bits per heavy atom. The molecule has 0 unspecified atom stereocenters. The second-order valence-electron chi connectivity index (χ2n) is 17.5. The fourth-order valence-electron chi connectivity index (χ4n) is 8.10. The van der Waals surface area contributed by atoms with Crippen molar-refractivity contribution in [1.82, 2.24) is 42.5 Å². The molecule has 36 heteroatoms. The van der Waals surface area contributed by atoms with Gasteiger partial charge in [-0.05, 0) is 75.6 Å². The van der Waals surface area contributed by atoms with Gasteiger partial charge in [-0.3, -0.25) is 0 Å². The smallest absolute Gasteiger partial charge is 0.444 e. The summed E-state index contributed by atoms with van der Waals surface area (Å²) in [6.45, 7) is 17.0. The van der Waals surface area contributed by atoms with Crippen LogP contribution in [0.25, 0.3) is 0 Å². The third-order valence-electron chi connectivity index (χ3n) is 11.2. The van der Waals surface area contributed by atoms with Gasteiger partial charge >= 0.3 is 49.2 Å². The van der Waals surface area contributed by atoms with Crippen molar-refractivity contribution in [3.63, 3.8) is 0 Å². The summed E-state index contributed by atoms with van der Waals surface area (Å²) in [5.74, 6) is 0. The van der Waals surface area contributed by atoms with Gasteiger partial charge in [0.05, 0.1) is 10.7 Å². The zero-order chi connectivity index (χ0) is 64.5. The molecule has 4 aromatic carbocycles. The number of rotatable bonds is 4. The molecule has 0 saturated carbocycles. The second kappa shape index (κ2) is 64.0. The zero-order valence-electron chi connectivity index (χ0n) is 47.6. The molecule has 8 N–H and O–H groups in total. The summed E-state index contributed by atoms with van der Waals surface area (Å²) < 4.78 is 78.0. The molecule has 2 heterocycles. The molecule has 2 aliphatic heterocycles. The molecular weight excluding hydrogens is 1320 g/mol. The molecule has 0 aromatic heterocycles. The van der Waals surface area contributed by atoms with E-state index in [0.717, 1.165) is 99.4 Å². The van der Waals surface area contributed by atoms with Crippen molar-refractivity contribution in [2.75, 3.05) is 63.0 Å². The third kappa shape index (κ3) is 64.4. The van der Waals surface area contributed by atoms with Crippen molar-refractivity contribution in [2.45, 2.75) is 102 Å². The van der Waals surface area contributed by atoms with E-state index < -0.39 is 14.5 Å². The Morgan fingerprint density at radius 3 is 0.593 bits per heavy atom. The number of hydrogen-bond acceptors (Lipinski definition) is 20. The van der Waals surface area contributed by atoms with Gasteiger partial charge in [0.1, 0.15) is 0 Å². The van der Waals surface area contributed by atoms with Crippen molar-refractivity contribution >= 4 is 60.9 Å². The number of halogens is 12. The van der Waals surface area contributed by atoms with Crippen LogP contribution in [0.5, 0.6) is 0 Å². The zero-order valence-corrected chi connectivity index (χ0v) is 53.2. The molecule has 2 radical (unpaired) electrons. The van der Waals surface area contributed by atoms with Gasteiger partial charge in [0, 0.05) is 101 Å². The average molecular weight is 1390 g/mol. The quantitative estimate of drug-likeness (QED) is 0.0310. The topological polar surface area (TPSA) is 306 Å². The minimum Gasteiger partial charge on any atom is -0.444 e. The Balaban J connectivity index is -0.000000256. The average Bonchev–Trinajstić information content (AvgIpc) is 3.44. The van der Waals surface area contributed by atoms with Crippen LogP contribution in [-0.4, -0.2) is 102 Å². The Kier molecular flexibility index (Phi) is 69.2. The summed E-state index contributed by atoms with van der Waals surface area (Å²) in [6.07, 6.45) is 4.34. The molecule has 6 rings (SSSR count). The summed E-state index contributed by atoms with van der Waals surface area (Å²) in [6, 6.07) is 46.7. The summed E-state index contributed by atoms with van der Waals surface area (Å²) >= 11 is 19.1. The number of nitrogens with one attached hydrogen (secondary N) is 8. The number of benzene rings is 4. The van der Waals surface area contributed by atoms with Crippen LogP contribution in [-0.2, 0) is 34.7 Å². The Bertz CT molecular complexity index is 1820. The van der Waals surface area contributed by atoms with Gasteiger partial charge in [-0.1, -0.05) is 121 Å². The van der Waals surface area contributed by atoms with E-state index >= 15 is 0 Å². The Labute approximate surface area is 539 Å². The number of hydrogen-bond donors (Lipinski definition) is 8. The molecule has 0 bridgehead atoms. The molecule has 2 aliphatic rings. The van der Waals surface area contributed by atoms with Crippen LogP contribution in [0.2, 0.25) is 0 Å². The maximum Gasteiger partial charge on any atom is 3.00 e. The molecular formula is C50H76B2Cl4Cr2F8N12O8. The van der Waals surface area contributed by atoms with E-state index in [1.165, 1.54) is 22.3 Å². The Morgan fingerprint density at radius 1 is 0.349 bits per heavy atom. The number of alkyl halides is 4. The molecule has 0 spiro atoms. The van der Waals surface area contributed by atoms with Gasteiger partial charge in [0.25, 0.3) is 0 Å². The first-order chi connectivity index (χ1) is 39.9. The van der Waals surface area contributed by atoms with E-state index in [2.05, 4.69) is 192 Å². The van der Waals surface area contributed by atoms with Gasteiger partial charge < -0.3 is 118 Å². The summed E-state index contributed by atoms with van der Waals surface area (Å²) in [5.41, 5.74) is 5.49. The normalized spacial score (nSPS) is 20.8. The van der Waals surface area contributed by atoms with E-state index in [9.17, 15) is 34.5 Å². The van der Waals surface area contributed by atoms with Crippen LogP contribution in [0, 0.1) is 40.5 Å². The van der Waals surface area contributed by atoms with Gasteiger partial charge in [0.2, 0.25) is 0 Å². The molecule has 2 fully saturated rings. The van der Waals surface area contributed by atoms with Crippen molar-refractivity contribution in [3.05, 3.63) is 184 Å². The first-order valence-electron chi connectivity index (χ1n) is 25.8. The maximum atomic E-state index is 9.75. The van der Waals surface area contributed by atoms with E-state index in [-0.39, 0.29) is 45.4 Å². The summed E-state index contributed by atoms with van der Waals surface area (Å²) in [7, 11) is -12.0. The predicted octanol–water partition coefficient (Wildman–Crippen LogP) is 13.2. The first-order valence-corrected chi connectivity index (χ1v) is 27.9. The van der Waals surface area contributed by atoms with Crippen LogP contribution in [0.15, 0.2) is 143 Å². The molecule has 0 amide bonds. The Hall–Kier alpha value is -4.05. The third-order valence-corrected chi connectivity index (χ3v) is 11.2. The van der Waals surface area contributed by atoms with Crippen LogP contribution >= 0.6 is 46.4 Å². The van der Waals surface area contributed by atoms with E-state index in [4.69, 9.17) is 86.9 Å². The van der Waals surface area contributed by atoms with E-state index in [1.807, 2.05) is 0 Å². The molecule has 486 valence electrons.